The van der Waals surface area contributed by atoms with E-state index in [-0.39, 0.29) is 5.91 Å². The quantitative estimate of drug-likeness (QED) is 0.575. The van der Waals surface area contributed by atoms with Crippen LogP contribution in [0.3, 0.4) is 0 Å². The van der Waals surface area contributed by atoms with Gasteiger partial charge < -0.3 is 15.0 Å². The monoisotopic (exact) mass is 428 g/mol. The smallest absolute Gasteiger partial charge is 0.248 e. The number of piperazine rings is 1. The lowest BCUT2D eigenvalue weighted by Crippen LogP contribution is -2.46. The van der Waals surface area contributed by atoms with Crippen LogP contribution in [0.2, 0.25) is 0 Å². The molecule has 0 unspecified atom stereocenters. The van der Waals surface area contributed by atoms with Gasteiger partial charge >= 0.3 is 0 Å². The summed E-state index contributed by atoms with van der Waals surface area (Å²) in [6, 6.07) is 21.9. The molecule has 2 aromatic carbocycles. The van der Waals surface area contributed by atoms with Gasteiger partial charge in [0.05, 0.1) is 19.0 Å². The van der Waals surface area contributed by atoms with Crippen LogP contribution in [-0.4, -0.2) is 49.1 Å². The Labute approximate surface area is 189 Å². The van der Waals surface area contributed by atoms with Crippen LogP contribution in [0.5, 0.6) is 5.75 Å². The second-order valence-electron chi connectivity index (χ2n) is 7.75. The normalized spacial score (nSPS) is 14.5. The van der Waals surface area contributed by atoms with Gasteiger partial charge in [-0.15, -0.1) is 0 Å². The number of rotatable bonds is 7. The summed E-state index contributed by atoms with van der Waals surface area (Å²) < 4.78 is 5.32. The molecule has 6 heteroatoms. The van der Waals surface area contributed by atoms with E-state index in [0.29, 0.717) is 5.69 Å². The molecule has 0 radical (unpaired) electrons. The van der Waals surface area contributed by atoms with Gasteiger partial charge in [-0.2, -0.15) is 0 Å². The van der Waals surface area contributed by atoms with E-state index in [1.165, 1.54) is 11.6 Å². The third-order valence-electron chi connectivity index (χ3n) is 5.48. The molecular formula is C26H28N4O2. The number of aromatic nitrogens is 1. The van der Waals surface area contributed by atoms with Crippen LogP contribution in [0.1, 0.15) is 11.1 Å². The number of hydrogen-bond acceptors (Lipinski definition) is 5. The van der Waals surface area contributed by atoms with Crippen molar-refractivity contribution in [3.63, 3.8) is 0 Å². The van der Waals surface area contributed by atoms with Crippen LogP contribution in [0.15, 0.2) is 79.0 Å². The van der Waals surface area contributed by atoms with E-state index in [4.69, 9.17) is 4.74 Å². The Morgan fingerprint density at radius 2 is 1.84 bits per heavy atom. The van der Waals surface area contributed by atoms with Crippen molar-refractivity contribution in [1.29, 1.82) is 0 Å². The molecule has 0 atom stereocenters. The van der Waals surface area contributed by atoms with Crippen molar-refractivity contribution < 1.29 is 9.53 Å². The molecule has 1 N–H and O–H groups in total. The minimum Gasteiger partial charge on any atom is -0.497 e. The topological polar surface area (TPSA) is 57.7 Å². The maximum absolute atomic E-state index is 12.1. The number of benzene rings is 2. The number of ether oxygens (including phenoxy) is 1. The summed E-state index contributed by atoms with van der Waals surface area (Å²) in [5.41, 5.74) is 2.94. The maximum Gasteiger partial charge on any atom is 0.248 e. The summed E-state index contributed by atoms with van der Waals surface area (Å²) in [7, 11) is 1.70. The minimum atomic E-state index is -0.172. The Balaban J connectivity index is 1.26. The first kappa shape index (κ1) is 21.6. The van der Waals surface area contributed by atoms with Crippen molar-refractivity contribution in [3.8, 4) is 5.75 Å². The van der Waals surface area contributed by atoms with Gasteiger partial charge in [-0.3, -0.25) is 9.69 Å². The van der Waals surface area contributed by atoms with Crippen molar-refractivity contribution >= 4 is 23.5 Å². The van der Waals surface area contributed by atoms with E-state index in [1.807, 2.05) is 54.6 Å². The Kier molecular flexibility index (Phi) is 7.15. The zero-order valence-electron chi connectivity index (χ0n) is 18.3. The van der Waals surface area contributed by atoms with Crippen molar-refractivity contribution in [2.24, 2.45) is 0 Å². The number of hydrogen-bond donors (Lipinski definition) is 1. The summed E-state index contributed by atoms with van der Waals surface area (Å²) in [6.07, 6.45) is 5.04. The standard InChI is InChI=1S/C26H28N4O2/c1-32-24-9-5-8-22(18-24)20-29-14-16-30(17-15-29)25-12-11-23(19-27-25)28-26(31)13-10-21-6-3-2-4-7-21/h2-13,18-19H,14-17,20H2,1H3,(H,28,31)/b13-10+. The fourth-order valence-electron chi connectivity index (χ4n) is 3.73. The van der Waals surface area contributed by atoms with Gasteiger partial charge in [-0.05, 0) is 41.5 Å². The molecule has 3 aromatic rings. The molecular weight excluding hydrogens is 400 g/mol. The van der Waals surface area contributed by atoms with Crippen LogP contribution >= 0.6 is 0 Å². The first-order valence-corrected chi connectivity index (χ1v) is 10.8. The average molecular weight is 429 g/mol. The lowest BCUT2D eigenvalue weighted by molar-refractivity contribution is -0.111. The number of nitrogens with zero attached hydrogens (tertiary/aromatic N) is 3. The number of methoxy groups -OCH3 is 1. The summed E-state index contributed by atoms with van der Waals surface area (Å²) in [4.78, 5) is 21.4. The van der Waals surface area contributed by atoms with E-state index in [9.17, 15) is 4.79 Å². The van der Waals surface area contributed by atoms with Crippen LogP contribution in [0.25, 0.3) is 6.08 Å². The second kappa shape index (κ2) is 10.6. The minimum absolute atomic E-state index is 0.172. The van der Waals surface area contributed by atoms with E-state index >= 15 is 0 Å². The van der Waals surface area contributed by atoms with Gasteiger partial charge in [0.2, 0.25) is 5.91 Å². The zero-order chi connectivity index (χ0) is 22.2. The van der Waals surface area contributed by atoms with Crippen molar-refractivity contribution in [2.75, 3.05) is 43.5 Å². The fourth-order valence-corrected chi connectivity index (χ4v) is 3.73. The number of nitrogens with one attached hydrogen (secondary N) is 1. The van der Waals surface area contributed by atoms with Crippen LogP contribution in [0.4, 0.5) is 11.5 Å². The van der Waals surface area contributed by atoms with Gasteiger partial charge in [-0.1, -0.05) is 42.5 Å². The molecule has 1 aromatic heterocycles. The highest BCUT2D eigenvalue weighted by Crippen LogP contribution is 2.19. The summed E-state index contributed by atoms with van der Waals surface area (Å²) in [5.74, 6) is 1.66. The highest BCUT2D eigenvalue weighted by atomic mass is 16.5. The van der Waals surface area contributed by atoms with Gasteiger partial charge in [0, 0.05) is 38.8 Å². The number of carbonyl (C=O) groups is 1. The number of amides is 1. The number of anilines is 2. The predicted octanol–water partition coefficient (Wildman–Crippen LogP) is 4.06. The molecule has 0 spiro atoms. The molecule has 1 fully saturated rings. The molecule has 1 aliphatic heterocycles. The molecule has 164 valence electrons. The van der Waals surface area contributed by atoms with E-state index in [2.05, 4.69) is 32.2 Å². The lowest BCUT2D eigenvalue weighted by atomic mass is 10.2. The van der Waals surface area contributed by atoms with E-state index < -0.39 is 0 Å². The van der Waals surface area contributed by atoms with Gasteiger partial charge in [0.15, 0.2) is 0 Å². The fraction of sp³-hybridized carbons (Fsp3) is 0.231. The zero-order valence-corrected chi connectivity index (χ0v) is 18.3. The lowest BCUT2D eigenvalue weighted by Gasteiger charge is -2.35. The largest absolute Gasteiger partial charge is 0.497 e. The molecule has 32 heavy (non-hydrogen) atoms. The van der Waals surface area contributed by atoms with Crippen LogP contribution in [0, 0.1) is 0 Å². The SMILES string of the molecule is COc1cccc(CN2CCN(c3ccc(NC(=O)/C=C/c4ccccc4)cn3)CC2)c1. The second-order valence-corrected chi connectivity index (χ2v) is 7.75. The van der Waals surface area contributed by atoms with E-state index in [0.717, 1.165) is 49.9 Å². The van der Waals surface area contributed by atoms with Crippen LogP contribution < -0.4 is 15.0 Å². The van der Waals surface area contributed by atoms with Gasteiger partial charge in [-0.25, -0.2) is 4.98 Å². The van der Waals surface area contributed by atoms with Gasteiger partial charge in [0.1, 0.15) is 11.6 Å². The van der Waals surface area contributed by atoms with Gasteiger partial charge in [0.25, 0.3) is 0 Å². The first-order valence-electron chi connectivity index (χ1n) is 10.8. The Morgan fingerprint density at radius 1 is 1.03 bits per heavy atom. The average Bonchev–Trinajstić information content (AvgIpc) is 2.84. The Morgan fingerprint density at radius 3 is 2.56 bits per heavy atom. The van der Waals surface area contributed by atoms with E-state index in [1.54, 1.807) is 19.4 Å². The molecule has 1 aliphatic rings. The highest BCUT2D eigenvalue weighted by Gasteiger charge is 2.18. The van der Waals surface area contributed by atoms with Crippen molar-refractivity contribution in [1.82, 2.24) is 9.88 Å². The predicted molar refractivity (Wildman–Crippen MR) is 129 cm³/mol. The molecule has 0 saturated carbocycles. The number of carbonyl (C=O) groups excluding carboxylic acids is 1. The molecule has 6 nitrogen and oxygen atoms in total. The first-order chi connectivity index (χ1) is 15.7. The Bertz CT molecular complexity index is 1040. The number of pyridine rings is 1. The highest BCUT2D eigenvalue weighted by molar-refractivity contribution is 6.01. The molecule has 2 heterocycles. The third-order valence-corrected chi connectivity index (χ3v) is 5.48. The van der Waals surface area contributed by atoms with Crippen molar-refractivity contribution in [3.05, 3.63) is 90.1 Å². The molecule has 1 amide bonds. The molecule has 0 aliphatic carbocycles. The molecule has 1 saturated heterocycles. The summed E-state index contributed by atoms with van der Waals surface area (Å²) in [5, 5.41) is 2.86. The van der Waals surface area contributed by atoms with Crippen molar-refractivity contribution in [2.45, 2.75) is 6.54 Å². The molecule has 4 rings (SSSR count). The Hall–Kier alpha value is -3.64. The summed E-state index contributed by atoms with van der Waals surface area (Å²) >= 11 is 0. The van der Waals surface area contributed by atoms with Crippen LogP contribution in [-0.2, 0) is 11.3 Å². The molecule has 0 bridgehead atoms. The third kappa shape index (κ3) is 5.95. The maximum atomic E-state index is 12.1. The summed E-state index contributed by atoms with van der Waals surface area (Å²) in [6.45, 7) is 4.70.